The number of hydrogen-bond acceptors (Lipinski definition) is 0. The van der Waals surface area contributed by atoms with Crippen molar-refractivity contribution in [1.82, 2.24) is 0 Å². The summed E-state index contributed by atoms with van der Waals surface area (Å²) in [5.41, 5.74) is 0. The molecule has 4 heavy (non-hydrogen) atoms. The van der Waals surface area contributed by atoms with E-state index in [0.29, 0.717) is 0 Å². The standard InChI is InChI=1S/Ge.Pt.Sn.Te. The summed E-state index contributed by atoms with van der Waals surface area (Å²) in [6.07, 6.45) is 0. The molecule has 4 heteroatoms. The molecule has 0 atom stereocenters. The normalized spacial score (nSPS) is 0. The zero-order valence-corrected chi connectivity index (χ0v) is 11.3. The third kappa shape index (κ3) is 8.84. The van der Waals surface area contributed by atoms with Gasteiger partial charge < -0.3 is 0 Å². The van der Waals surface area contributed by atoms with E-state index in [-0.39, 0.29) is 86.2 Å². The van der Waals surface area contributed by atoms with Crippen LogP contribution < -0.4 is 0 Å². The van der Waals surface area contributed by atoms with Crippen molar-refractivity contribution in [1.29, 1.82) is 0 Å². The molecule has 0 heterocycles. The Bertz CT molecular complexity index is 8.00. The molecule has 24 valence electrons. The van der Waals surface area contributed by atoms with Gasteiger partial charge in [-0.05, 0) is 0 Å². The fraction of sp³-hybridized carbons (Fsp3) is 0. The summed E-state index contributed by atoms with van der Waals surface area (Å²) in [6, 6.07) is 0. The number of hydrogen-bond donors (Lipinski definition) is 0. The summed E-state index contributed by atoms with van der Waals surface area (Å²) in [5, 5.41) is 0. The SMILES string of the molecule is [Ge].[Pt].[Sn].[Te]. The summed E-state index contributed by atoms with van der Waals surface area (Å²) < 4.78 is 0. The van der Waals surface area contributed by atoms with Crippen LogP contribution >= 0.6 is 0 Å². The van der Waals surface area contributed by atoms with Crippen molar-refractivity contribution in [3.8, 4) is 0 Å². The average molecular weight is 514 g/mol. The van der Waals surface area contributed by atoms with Gasteiger partial charge in [0.2, 0.25) is 0 Å². The van der Waals surface area contributed by atoms with E-state index in [9.17, 15) is 0 Å². The van der Waals surface area contributed by atoms with Gasteiger partial charge in [0.15, 0.2) is 0 Å². The second-order valence-corrected chi connectivity index (χ2v) is 0. The quantitative estimate of drug-likeness (QED) is 0.359. The Balaban J connectivity index is 0. The van der Waals surface area contributed by atoms with Crippen LogP contribution in [0.3, 0.4) is 0 Å². The van der Waals surface area contributed by atoms with Gasteiger partial charge in [0.05, 0.1) is 0 Å². The largest absolute Gasteiger partial charge is 0 e. The molecule has 0 aromatic carbocycles. The zero-order valence-electron chi connectivity index (χ0n) is 1.72. The van der Waals surface area contributed by atoms with Crippen LogP contribution in [0, 0.1) is 0 Å². The van der Waals surface area contributed by atoms with Crippen LogP contribution in [0.1, 0.15) is 0 Å². The Morgan fingerprint density at radius 2 is 1.00 bits per heavy atom. The van der Waals surface area contributed by atoms with Crippen molar-refractivity contribution in [3.05, 3.63) is 0 Å². The smallest absolute Gasteiger partial charge is 0 e. The van der Waals surface area contributed by atoms with E-state index in [1.54, 1.807) is 0 Å². The zero-order chi connectivity index (χ0) is 0. The van der Waals surface area contributed by atoms with Gasteiger partial charge in [0.1, 0.15) is 0 Å². The second kappa shape index (κ2) is 17.0. The minimum Gasteiger partial charge on any atom is 0 e. The predicted molar refractivity (Wildman–Crippen MR) is 17.3 cm³/mol. The van der Waals surface area contributed by atoms with Gasteiger partial charge in [0.25, 0.3) is 0 Å². The van der Waals surface area contributed by atoms with Crippen LogP contribution in [0.5, 0.6) is 0 Å². The third-order valence-electron chi connectivity index (χ3n) is 0. The fourth-order valence-electron chi connectivity index (χ4n) is 0. The molecular weight excluding hydrogens is 514 g/mol. The molecule has 0 N–H and O–H groups in total. The maximum atomic E-state index is 0. The first-order valence-corrected chi connectivity index (χ1v) is 0. The Morgan fingerprint density at radius 3 is 1.00 bits per heavy atom. The minimum atomic E-state index is 0. The molecule has 0 saturated carbocycles. The van der Waals surface area contributed by atoms with E-state index in [4.69, 9.17) is 0 Å². The third-order valence-corrected chi connectivity index (χ3v) is 0. The van der Waals surface area contributed by atoms with Gasteiger partial charge in [-0.2, -0.15) is 0 Å². The maximum absolute atomic E-state index is 0. The Morgan fingerprint density at radius 1 is 1.00 bits per heavy atom. The van der Waals surface area contributed by atoms with Crippen molar-refractivity contribution >= 4 is 65.2 Å². The molecule has 0 aliphatic rings. The van der Waals surface area contributed by atoms with Crippen LogP contribution in [0.25, 0.3) is 0 Å². The fourth-order valence-corrected chi connectivity index (χ4v) is 0. The monoisotopic (exact) mass is 519 g/mol. The molecule has 0 amide bonds. The molecule has 0 aliphatic heterocycles. The van der Waals surface area contributed by atoms with Crippen molar-refractivity contribution in [2.24, 2.45) is 0 Å². The van der Waals surface area contributed by atoms with Crippen LogP contribution in [-0.4, -0.2) is 65.2 Å². The van der Waals surface area contributed by atoms with E-state index in [0.717, 1.165) is 0 Å². The summed E-state index contributed by atoms with van der Waals surface area (Å²) in [7, 11) is 0. The average Bonchev–Trinajstić information content (AvgIpc) is 0. The molecular formula is GePtSnTe. The minimum absolute atomic E-state index is 0. The van der Waals surface area contributed by atoms with Crippen LogP contribution in [0.15, 0.2) is 0 Å². The van der Waals surface area contributed by atoms with Gasteiger partial charge in [-0.25, -0.2) is 0 Å². The van der Waals surface area contributed by atoms with E-state index < -0.39 is 0 Å². The first kappa shape index (κ1) is 29.1. The van der Waals surface area contributed by atoms with E-state index in [2.05, 4.69) is 0 Å². The molecule has 0 saturated heterocycles. The maximum Gasteiger partial charge on any atom is 0 e. The second-order valence-electron chi connectivity index (χ2n) is 0. The van der Waals surface area contributed by atoms with Gasteiger partial charge in [-0.1, -0.05) is 0 Å². The Kier molecular flexibility index (Phi) is 124. The molecule has 10 radical (unpaired) electrons. The van der Waals surface area contributed by atoms with Crippen LogP contribution in [-0.2, 0) is 21.1 Å². The van der Waals surface area contributed by atoms with Crippen molar-refractivity contribution in [2.45, 2.75) is 0 Å². The summed E-state index contributed by atoms with van der Waals surface area (Å²) in [6.45, 7) is 0. The van der Waals surface area contributed by atoms with Crippen molar-refractivity contribution in [3.63, 3.8) is 0 Å². The molecule has 0 spiro atoms. The molecule has 0 rings (SSSR count). The first-order valence-electron chi connectivity index (χ1n) is 0. The molecule has 0 bridgehead atoms. The van der Waals surface area contributed by atoms with Gasteiger partial charge in [0, 0.05) is 86.2 Å². The molecule has 0 aromatic rings. The first-order chi connectivity index (χ1) is 0. The summed E-state index contributed by atoms with van der Waals surface area (Å²) in [5.74, 6) is 0. The van der Waals surface area contributed by atoms with Crippen molar-refractivity contribution < 1.29 is 21.1 Å². The Labute approximate surface area is 84.8 Å². The summed E-state index contributed by atoms with van der Waals surface area (Å²) >= 11 is 0. The molecule has 0 unspecified atom stereocenters. The summed E-state index contributed by atoms with van der Waals surface area (Å²) in [4.78, 5) is 0. The van der Waals surface area contributed by atoms with Gasteiger partial charge in [-0.15, -0.1) is 0 Å². The Hall–Kier alpha value is 2.82. The van der Waals surface area contributed by atoms with Gasteiger partial charge in [-0.3, -0.25) is 0 Å². The van der Waals surface area contributed by atoms with Crippen LogP contribution in [0.4, 0.5) is 0 Å². The van der Waals surface area contributed by atoms with E-state index in [1.165, 1.54) is 0 Å². The number of rotatable bonds is 0. The molecule has 0 aromatic heterocycles. The van der Waals surface area contributed by atoms with Gasteiger partial charge >= 0.3 is 0 Å². The predicted octanol–water partition coefficient (Wildman–Crippen LogP) is -1.14. The topological polar surface area (TPSA) is 0 Å². The van der Waals surface area contributed by atoms with E-state index >= 15 is 0 Å². The molecule has 0 aliphatic carbocycles. The van der Waals surface area contributed by atoms with Crippen molar-refractivity contribution in [2.75, 3.05) is 0 Å². The van der Waals surface area contributed by atoms with Crippen LogP contribution in [0.2, 0.25) is 0 Å². The molecule has 0 nitrogen and oxygen atoms in total. The van der Waals surface area contributed by atoms with E-state index in [1.807, 2.05) is 0 Å². The molecule has 0 fully saturated rings.